The van der Waals surface area contributed by atoms with E-state index in [-0.39, 0.29) is 30.1 Å². The number of benzene rings is 1. The molecule has 0 bridgehead atoms. The Morgan fingerprint density at radius 2 is 2.03 bits per heavy atom. The van der Waals surface area contributed by atoms with E-state index in [4.69, 9.17) is 10.5 Å². The van der Waals surface area contributed by atoms with E-state index in [2.05, 4.69) is 31.3 Å². The van der Waals surface area contributed by atoms with Gasteiger partial charge in [-0.3, -0.25) is 19.1 Å². The first-order valence-corrected chi connectivity index (χ1v) is 11.2. The molecule has 3 N–H and O–H groups in total. The lowest BCUT2D eigenvalue weighted by Gasteiger charge is -2.27. The van der Waals surface area contributed by atoms with Crippen LogP contribution in [0, 0.1) is 5.92 Å². The molecule has 5 rings (SSSR count). The molecule has 2 fully saturated rings. The highest BCUT2D eigenvalue weighted by atomic mass is 79.9. The van der Waals surface area contributed by atoms with Crippen LogP contribution in [0.4, 0.5) is 5.82 Å². The van der Waals surface area contributed by atoms with Crippen molar-refractivity contribution in [3.8, 4) is 5.75 Å². The lowest BCUT2D eigenvalue weighted by Crippen LogP contribution is -2.46. The molecule has 2 aromatic heterocycles. The van der Waals surface area contributed by atoms with Crippen LogP contribution < -0.4 is 15.8 Å². The van der Waals surface area contributed by atoms with E-state index >= 15 is 0 Å². The maximum Gasteiger partial charge on any atom is 0.269 e. The number of aromatic nitrogens is 3. The molecule has 170 valence electrons. The van der Waals surface area contributed by atoms with Crippen LogP contribution in [0.5, 0.6) is 5.75 Å². The highest BCUT2D eigenvalue weighted by Gasteiger charge is 2.56. The van der Waals surface area contributed by atoms with Gasteiger partial charge in [0, 0.05) is 23.6 Å². The molecule has 0 spiro atoms. The number of halogens is 1. The van der Waals surface area contributed by atoms with Crippen molar-refractivity contribution < 1.29 is 19.1 Å². The minimum atomic E-state index is -0.657. The summed E-state index contributed by atoms with van der Waals surface area (Å²) in [5.41, 5.74) is 6.22. The Bertz CT molecular complexity index is 1290. The number of nitrogens with two attached hydrogens (primary N) is 1. The average molecular weight is 513 g/mol. The largest absolute Gasteiger partial charge is 0.497 e. The first kappa shape index (κ1) is 21.4. The number of methoxy groups -OCH3 is 1. The van der Waals surface area contributed by atoms with Crippen LogP contribution in [0.3, 0.4) is 0 Å². The number of carbonyl (C=O) groups is 3. The second-order valence-electron chi connectivity index (χ2n) is 8.21. The van der Waals surface area contributed by atoms with Crippen molar-refractivity contribution >= 4 is 50.4 Å². The molecule has 1 saturated carbocycles. The Hall–Kier alpha value is -3.47. The molecular weight excluding hydrogens is 492 g/mol. The first-order valence-electron chi connectivity index (χ1n) is 10.4. The Morgan fingerprint density at radius 3 is 2.79 bits per heavy atom. The van der Waals surface area contributed by atoms with Gasteiger partial charge in [0.1, 0.15) is 28.8 Å². The molecule has 0 radical (unpaired) electrons. The van der Waals surface area contributed by atoms with E-state index in [0.717, 1.165) is 6.42 Å². The van der Waals surface area contributed by atoms with Gasteiger partial charge < -0.3 is 20.7 Å². The predicted molar refractivity (Wildman–Crippen MR) is 123 cm³/mol. The molecule has 1 aromatic carbocycles. The number of nitrogens with zero attached hydrogens (tertiary/aromatic N) is 4. The van der Waals surface area contributed by atoms with Crippen molar-refractivity contribution in [2.75, 3.05) is 12.4 Å². The molecule has 3 aromatic rings. The van der Waals surface area contributed by atoms with Crippen LogP contribution in [0.25, 0.3) is 10.9 Å². The monoisotopic (exact) mass is 512 g/mol. The molecule has 33 heavy (non-hydrogen) atoms. The minimum absolute atomic E-state index is 0.0377. The van der Waals surface area contributed by atoms with Crippen LogP contribution in [-0.2, 0) is 16.1 Å². The zero-order valence-corrected chi connectivity index (χ0v) is 19.3. The second-order valence-corrected chi connectivity index (χ2v) is 9.02. The second kappa shape index (κ2) is 8.14. The molecular formula is C22H21BrN6O4. The van der Waals surface area contributed by atoms with E-state index in [9.17, 15) is 14.4 Å². The summed E-state index contributed by atoms with van der Waals surface area (Å²) in [5, 5.41) is 7.66. The Morgan fingerprint density at radius 1 is 1.24 bits per heavy atom. The van der Waals surface area contributed by atoms with Crippen molar-refractivity contribution in [2.45, 2.75) is 31.5 Å². The number of nitrogens with one attached hydrogen (secondary N) is 1. The van der Waals surface area contributed by atoms with Crippen molar-refractivity contribution in [2.24, 2.45) is 11.7 Å². The van der Waals surface area contributed by atoms with E-state index in [1.165, 1.54) is 11.8 Å². The number of primary amides is 1. The van der Waals surface area contributed by atoms with Crippen LogP contribution in [0.15, 0.2) is 41.0 Å². The molecule has 10 nitrogen and oxygen atoms in total. The van der Waals surface area contributed by atoms with E-state index in [1.54, 1.807) is 41.3 Å². The molecule has 0 unspecified atom stereocenters. The highest BCUT2D eigenvalue weighted by molar-refractivity contribution is 9.10. The van der Waals surface area contributed by atoms with Gasteiger partial charge in [-0.25, -0.2) is 4.98 Å². The molecule has 3 atom stereocenters. The van der Waals surface area contributed by atoms with Gasteiger partial charge in [-0.2, -0.15) is 5.10 Å². The zero-order chi connectivity index (χ0) is 23.3. The summed E-state index contributed by atoms with van der Waals surface area (Å²) in [6.07, 6.45) is 1.48. The van der Waals surface area contributed by atoms with Crippen LogP contribution in [0.1, 0.15) is 23.3 Å². The van der Waals surface area contributed by atoms with Crippen molar-refractivity contribution in [3.05, 3.63) is 46.7 Å². The number of rotatable bonds is 6. The standard InChI is InChI=1S/C22H21BrN6O4/c1-33-12-8-17(23)25-18(9-12)26-22(32)16-7-11-6-15(11)29(16)19(30)10-28-14-5-3-2-4-13(14)20(27-28)21(24)31/h2-5,8-9,11,15-16H,6-7,10H2,1H3,(H2,24,31)(H,25,26,32)/t11-,15-,16+/m1/s1. The highest BCUT2D eigenvalue weighted by Crippen LogP contribution is 2.48. The minimum Gasteiger partial charge on any atom is -0.497 e. The Balaban J connectivity index is 1.37. The fourth-order valence-corrected chi connectivity index (χ4v) is 4.97. The number of piperidine rings is 1. The van der Waals surface area contributed by atoms with Gasteiger partial charge in [0.15, 0.2) is 5.69 Å². The van der Waals surface area contributed by atoms with Crippen LogP contribution >= 0.6 is 15.9 Å². The van der Waals surface area contributed by atoms with Crippen LogP contribution in [-0.4, -0.2) is 56.6 Å². The third-order valence-corrected chi connectivity index (χ3v) is 6.53. The summed E-state index contributed by atoms with van der Waals surface area (Å²) in [6.45, 7) is -0.0935. The van der Waals surface area contributed by atoms with Gasteiger partial charge in [0.25, 0.3) is 5.91 Å². The van der Waals surface area contributed by atoms with Gasteiger partial charge in [0.2, 0.25) is 11.8 Å². The van der Waals surface area contributed by atoms with E-state index in [1.807, 2.05) is 0 Å². The van der Waals surface area contributed by atoms with Gasteiger partial charge in [-0.15, -0.1) is 0 Å². The summed E-state index contributed by atoms with van der Waals surface area (Å²) in [5.74, 6) is 0.00407. The molecule has 1 aliphatic heterocycles. The first-order chi connectivity index (χ1) is 15.9. The third kappa shape index (κ3) is 3.92. The number of anilines is 1. The van der Waals surface area contributed by atoms with Gasteiger partial charge >= 0.3 is 0 Å². The van der Waals surface area contributed by atoms with Gasteiger partial charge in [-0.1, -0.05) is 18.2 Å². The van der Waals surface area contributed by atoms with Crippen molar-refractivity contribution in [1.82, 2.24) is 19.7 Å². The lowest BCUT2D eigenvalue weighted by molar-refractivity contribution is -0.138. The molecule has 3 amide bonds. The Labute approximate surface area is 197 Å². The van der Waals surface area contributed by atoms with Gasteiger partial charge in [-0.05, 0) is 40.8 Å². The predicted octanol–water partition coefficient (Wildman–Crippen LogP) is 1.93. The molecule has 11 heteroatoms. The number of pyridine rings is 1. The number of fused-ring (bicyclic) bond motifs is 2. The summed E-state index contributed by atoms with van der Waals surface area (Å²) in [6, 6.07) is 9.84. The summed E-state index contributed by atoms with van der Waals surface area (Å²) in [4.78, 5) is 44.1. The normalized spacial score (nSPS) is 21.0. The maximum atomic E-state index is 13.3. The quantitative estimate of drug-likeness (QED) is 0.484. The molecule has 2 aliphatic rings. The summed E-state index contributed by atoms with van der Waals surface area (Å²) < 4.78 is 7.22. The summed E-state index contributed by atoms with van der Waals surface area (Å²) in [7, 11) is 1.53. The topological polar surface area (TPSA) is 132 Å². The summed E-state index contributed by atoms with van der Waals surface area (Å²) >= 11 is 3.30. The Kier molecular flexibility index (Phi) is 5.28. The third-order valence-electron chi connectivity index (χ3n) is 6.13. The number of amides is 3. The lowest BCUT2D eigenvalue weighted by atomic mass is 10.1. The number of likely N-dealkylation sites (tertiary alicyclic amines) is 1. The van der Waals surface area contributed by atoms with Crippen molar-refractivity contribution in [3.63, 3.8) is 0 Å². The SMILES string of the molecule is COc1cc(Br)nc(NC(=O)[C@@H]2C[C@H]3C[C@H]3N2C(=O)Cn2nc(C(N)=O)c3ccccc32)c1. The van der Waals surface area contributed by atoms with Crippen LogP contribution in [0.2, 0.25) is 0 Å². The molecule has 1 aliphatic carbocycles. The fraction of sp³-hybridized carbons (Fsp3) is 0.318. The number of para-hydroxylation sites is 1. The average Bonchev–Trinajstić information content (AvgIpc) is 3.28. The number of ether oxygens (including phenoxy) is 1. The molecule has 1 saturated heterocycles. The number of carbonyl (C=O) groups excluding carboxylic acids is 3. The number of hydrogen-bond donors (Lipinski definition) is 2. The maximum absolute atomic E-state index is 13.3. The zero-order valence-electron chi connectivity index (χ0n) is 17.7. The van der Waals surface area contributed by atoms with E-state index in [0.29, 0.717) is 39.4 Å². The van der Waals surface area contributed by atoms with Crippen molar-refractivity contribution in [1.29, 1.82) is 0 Å². The fourth-order valence-electron chi connectivity index (χ4n) is 4.55. The number of hydrogen-bond acceptors (Lipinski definition) is 6. The van der Waals surface area contributed by atoms with E-state index < -0.39 is 11.9 Å². The molecule has 3 heterocycles. The van der Waals surface area contributed by atoms with Gasteiger partial charge in [0.05, 0.1) is 12.6 Å². The smallest absolute Gasteiger partial charge is 0.269 e.